The van der Waals surface area contributed by atoms with E-state index in [1.165, 1.54) is 47.1 Å². The van der Waals surface area contributed by atoms with Crippen LogP contribution in [0.15, 0.2) is 12.4 Å². The van der Waals surface area contributed by atoms with Gasteiger partial charge in [0.2, 0.25) is 4.77 Å². The molecule has 2 N–H and O–H groups in total. The fourth-order valence-corrected chi connectivity index (χ4v) is 3.74. The molecule has 0 unspecified atom stereocenters. The second-order valence-electron chi connectivity index (χ2n) is 4.95. The van der Waals surface area contributed by atoms with Crippen LogP contribution in [0.4, 0.5) is 0 Å². The Morgan fingerprint density at radius 2 is 2.15 bits per heavy atom. The number of nitrogens with zero attached hydrogens (tertiary/aromatic N) is 2. The molecule has 3 rings (SSSR count). The first-order valence-corrected chi connectivity index (χ1v) is 8.01. The second-order valence-corrected chi connectivity index (χ2v) is 6.47. The quantitative estimate of drug-likeness (QED) is 0.838. The lowest BCUT2D eigenvalue weighted by atomic mass is 10.00. The number of aromatic amines is 1. The Morgan fingerprint density at radius 3 is 2.90 bits per heavy atom. The molecule has 0 aliphatic heterocycles. The summed E-state index contributed by atoms with van der Waals surface area (Å²) in [5.74, 6) is -0.126. The van der Waals surface area contributed by atoms with Crippen molar-refractivity contribution in [3.8, 4) is 0 Å². The number of fused-ring (bicyclic) bond motifs is 1. The molecular weight excluding hydrogens is 292 g/mol. The predicted molar refractivity (Wildman–Crippen MR) is 81.3 cm³/mol. The van der Waals surface area contributed by atoms with E-state index in [-0.39, 0.29) is 5.91 Å². The molecule has 106 valence electrons. The molecule has 2 aromatic rings. The minimum absolute atomic E-state index is 0.126. The van der Waals surface area contributed by atoms with Crippen molar-refractivity contribution in [1.82, 2.24) is 14.9 Å². The highest BCUT2D eigenvalue weighted by atomic mass is 32.1. The molecule has 0 aromatic carbocycles. The highest BCUT2D eigenvalue weighted by Gasteiger charge is 2.16. The largest absolute Gasteiger partial charge is 0.280 e. The van der Waals surface area contributed by atoms with Crippen molar-refractivity contribution in [2.45, 2.75) is 38.5 Å². The van der Waals surface area contributed by atoms with Gasteiger partial charge in [0.1, 0.15) is 6.33 Å². The Kier molecular flexibility index (Phi) is 3.98. The zero-order chi connectivity index (χ0) is 13.9. The third-order valence-corrected chi connectivity index (χ3v) is 5.02. The Morgan fingerprint density at radius 1 is 1.35 bits per heavy atom. The molecule has 20 heavy (non-hydrogen) atoms. The van der Waals surface area contributed by atoms with Crippen LogP contribution >= 0.6 is 23.6 Å². The van der Waals surface area contributed by atoms with Crippen LogP contribution < -0.4 is 5.43 Å². The summed E-state index contributed by atoms with van der Waals surface area (Å²) in [6.07, 6.45) is 8.68. The third kappa shape index (κ3) is 2.83. The number of nitrogens with one attached hydrogen (secondary N) is 2. The van der Waals surface area contributed by atoms with Gasteiger partial charge in [-0.15, -0.1) is 11.3 Å². The average Bonchev–Trinajstić information content (AvgIpc) is 2.97. The zero-order valence-corrected chi connectivity index (χ0v) is 12.6. The Bertz CT molecular complexity index is 644. The van der Waals surface area contributed by atoms with Gasteiger partial charge in [-0.2, -0.15) is 5.10 Å². The SMILES string of the molecule is O=C(Nn1cn[nH]c1=S)c1cc2c(s1)CCCCCC2. The molecule has 0 spiro atoms. The number of carbonyl (C=O) groups is 1. The van der Waals surface area contributed by atoms with E-state index in [1.54, 1.807) is 11.3 Å². The van der Waals surface area contributed by atoms with E-state index in [0.29, 0.717) is 4.77 Å². The molecule has 7 heteroatoms. The number of H-pyrrole nitrogens is 1. The number of hydrogen-bond donors (Lipinski definition) is 2. The fourth-order valence-electron chi connectivity index (χ4n) is 2.45. The summed E-state index contributed by atoms with van der Waals surface area (Å²) in [6.45, 7) is 0. The van der Waals surface area contributed by atoms with Crippen molar-refractivity contribution in [3.63, 3.8) is 0 Å². The predicted octanol–water partition coefficient (Wildman–Crippen LogP) is 3.05. The summed E-state index contributed by atoms with van der Waals surface area (Å²) in [7, 11) is 0. The first-order chi connectivity index (χ1) is 9.74. The summed E-state index contributed by atoms with van der Waals surface area (Å²) in [6, 6.07) is 2.03. The highest BCUT2D eigenvalue weighted by molar-refractivity contribution is 7.71. The third-order valence-electron chi connectivity index (χ3n) is 3.49. The summed E-state index contributed by atoms with van der Waals surface area (Å²) in [5, 5.41) is 6.39. The monoisotopic (exact) mass is 308 g/mol. The number of aromatic nitrogens is 3. The van der Waals surface area contributed by atoms with Crippen molar-refractivity contribution in [2.75, 3.05) is 5.43 Å². The normalized spacial score (nSPS) is 15.2. The molecule has 2 aromatic heterocycles. The van der Waals surface area contributed by atoms with Gasteiger partial charge in [0.15, 0.2) is 0 Å². The molecule has 0 saturated heterocycles. The van der Waals surface area contributed by atoms with Gasteiger partial charge in [0, 0.05) is 4.88 Å². The van der Waals surface area contributed by atoms with Crippen LogP contribution in [0.25, 0.3) is 0 Å². The molecule has 0 saturated carbocycles. The van der Waals surface area contributed by atoms with Gasteiger partial charge in [-0.05, 0) is 49.5 Å². The lowest BCUT2D eigenvalue weighted by Gasteiger charge is -2.07. The van der Waals surface area contributed by atoms with E-state index in [0.717, 1.165) is 17.7 Å². The van der Waals surface area contributed by atoms with Gasteiger partial charge >= 0.3 is 0 Å². The molecule has 1 aliphatic carbocycles. The van der Waals surface area contributed by atoms with Gasteiger partial charge in [-0.3, -0.25) is 15.3 Å². The number of carbonyl (C=O) groups excluding carboxylic acids is 1. The van der Waals surface area contributed by atoms with Gasteiger partial charge in [-0.1, -0.05) is 12.8 Å². The topological polar surface area (TPSA) is 62.7 Å². The van der Waals surface area contributed by atoms with Crippen molar-refractivity contribution in [2.24, 2.45) is 0 Å². The van der Waals surface area contributed by atoms with Crippen LogP contribution in [0, 0.1) is 4.77 Å². The maximum atomic E-state index is 12.2. The minimum atomic E-state index is -0.126. The van der Waals surface area contributed by atoms with Crippen molar-refractivity contribution in [3.05, 3.63) is 32.5 Å². The van der Waals surface area contributed by atoms with Gasteiger partial charge in [0.25, 0.3) is 5.91 Å². The molecule has 0 radical (unpaired) electrons. The summed E-state index contributed by atoms with van der Waals surface area (Å²) >= 11 is 6.61. The van der Waals surface area contributed by atoms with E-state index in [4.69, 9.17) is 12.2 Å². The molecular formula is C13H16N4OS2. The molecule has 5 nitrogen and oxygen atoms in total. The van der Waals surface area contributed by atoms with Crippen LogP contribution in [0.2, 0.25) is 0 Å². The van der Waals surface area contributed by atoms with Crippen LogP contribution in [0.1, 0.15) is 45.8 Å². The van der Waals surface area contributed by atoms with Crippen LogP contribution in [-0.4, -0.2) is 20.8 Å². The number of aryl methyl sites for hydroxylation is 2. The van der Waals surface area contributed by atoms with E-state index >= 15 is 0 Å². The first-order valence-electron chi connectivity index (χ1n) is 6.79. The van der Waals surface area contributed by atoms with Crippen LogP contribution in [0.3, 0.4) is 0 Å². The Balaban J connectivity index is 1.80. The van der Waals surface area contributed by atoms with Crippen LogP contribution in [-0.2, 0) is 12.8 Å². The molecule has 0 fully saturated rings. The van der Waals surface area contributed by atoms with Crippen molar-refractivity contribution >= 4 is 29.5 Å². The van der Waals surface area contributed by atoms with E-state index in [1.807, 2.05) is 6.07 Å². The lowest BCUT2D eigenvalue weighted by molar-refractivity contribution is 0.101. The lowest BCUT2D eigenvalue weighted by Crippen LogP contribution is -2.21. The van der Waals surface area contributed by atoms with E-state index < -0.39 is 0 Å². The maximum Gasteiger partial charge on any atom is 0.280 e. The Hall–Kier alpha value is -1.47. The number of rotatable bonds is 2. The standard InChI is InChI=1S/C13H16N4OS2/c18-12(16-17-8-14-15-13(17)19)11-7-9-5-3-1-2-4-6-10(9)20-11/h7-8H,1-6H2,(H,15,19)(H,16,18). The molecule has 1 aliphatic rings. The summed E-state index contributed by atoms with van der Waals surface area (Å²) in [4.78, 5) is 14.4. The number of hydrogen-bond acceptors (Lipinski definition) is 4. The van der Waals surface area contributed by atoms with Gasteiger partial charge in [0.05, 0.1) is 4.88 Å². The number of amides is 1. The molecule has 1 amide bonds. The smallest absolute Gasteiger partial charge is 0.266 e. The van der Waals surface area contributed by atoms with Crippen LogP contribution in [0.5, 0.6) is 0 Å². The van der Waals surface area contributed by atoms with E-state index in [2.05, 4.69) is 15.6 Å². The molecule has 0 bridgehead atoms. The Labute approximate surface area is 126 Å². The fraction of sp³-hybridized carbons (Fsp3) is 0.462. The van der Waals surface area contributed by atoms with E-state index in [9.17, 15) is 4.79 Å². The van der Waals surface area contributed by atoms with Crippen molar-refractivity contribution in [1.29, 1.82) is 0 Å². The minimum Gasteiger partial charge on any atom is -0.266 e. The summed E-state index contributed by atoms with van der Waals surface area (Å²) < 4.78 is 1.81. The maximum absolute atomic E-state index is 12.2. The van der Waals surface area contributed by atoms with Crippen molar-refractivity contribution < 1.29 is 4.79 Å². The summed E-state index contributed by atoms with van der Waals surface area (Å²) in [5.41, 5.74) is 4.08. The zero-order valence-electron chi connectivity index (χ0n) is 11.0. The highest BCUT2D eigenvalue weighted by Crippen LogP contribution is 2.28. The number of thiophene rings is 1. The average molecular weight is 308 g/mol. The molecule has 0 atom stereocenters. The van der Waals surface area contributed by atoms with Gasteiger partial charge < -0.3 is 0 Å². The second kappa shape index (κ2) is 5.88. The van der Waals surface area contributed by atoms with Gasteiger partial charge in [-0.25, -0.2) is 4.68 Å². The first kappa shape index (κ1) is 13.5. The molecule has 2 heterocycles.